The SMILES string of the molecule is CCCCCCC1CCC(c2ccc(-c3ccc(CCC)cc3)cc2)CC1. The minimum absolute atomic E-state index is 0.790. The van der Waals surface area contributed by atoms with Gasteiger partial charge in [-0.3, -0.25) is 0 Å². The highest BCUT2D eigenvalue weighted by atomic mass is 14.3. The smallest absolute Gasteiger partial charge is 0.0162 e. The molecule has 2 aromatic rings. The van der Waals surface area contributed by atoms with Crippen molar-refractivity contribution in [3.05, 3.63) is 59.7 Å². The number of hydrogen-bond acceptors (Lipinski definition) is 0. The maximum Gasteiger partial charge on any atom is -0.0162 e. The van der Waals surface area contributed by atoms with Crippen LogP contribution >= 0.6 is 0 Å². The number of benzene rings is 2. The van der Waals surface area contributed by atoms with Gasteiger partial charge in [-0.2, -0.15) is 0 Å². The molecule has 3 rings (SSSR count). The molecule has 0 N–H and O–H groups in total. The van der Waals surface area contributed by atoms with E-state index in [0.29, 0.717) is 0 Å². The molecule has 0 heteroatoms. The molecule has 0 aromatic heterocycles. The summed E-state index contributed by atoms with van der Waals surface area (Å²) in [6, 6.07) is 18.6. The van der Waals surface area contributed by atoms with E-state index in [0.717, 1.165) is 11.8 Å². The molecule has 0 atom stereocenters. The molecular weight excluding hydrogens is 324 g/mol. The summed E-state index contributed by atoms with van der Waals surface area (Å²) < 4.78 is 0. The van der Waals surface area contributed by atoms with Gasteiger partial charge in [-0.05, 0) is 66.2 Å². The second-order valence-corrected chi connectivity index (χ2v) is 8.64. The summed E-state index contributed by atoms with van der Waals surface area (Å²) in [5, 5.41) is 0. The number of hydrogen-bond donors (Lipinski definition) is 0. The van der Waals surface area contributed by atoms with Crippen LogP contribution in [0, 0.1) is 5.92 Å². The molecular formula is C27H38. The van der Waals surface area contributed by atoms with Crippen molar-refractivity contribution in [3.63, 3.8) is 0 Å². The number of aryl methyl sites for hydroxylation is 1. The van der Waals surface area contributed by atoms with E-state index in [4.69, 9.17) is 0 Å². The highest BCUT2D eigenvalue weighted by Gasteiger charge is 2.22. The molecule has 0 aliphatic heterocycles. The van der Waals surface area contributed by atoms with Gasteiger partial charge in [0.25, 0.3) is 0 Å². The van der Waals surface area contributed by atoms with Gasteiger partial charge in [-0.25, -0.2) is 0 Å². The average Bonchev–Trinajstić information content (AvgIpc) is 2.73. The molecule has 1 aliphatic carbocycles. The van der Waals surface area contributed by atoms with Crippen LogP contribution in [0.2, 0.25) is 0 Å². The quantitative estimate of drug-likeness (QED) is 0.392. The first-order valence-corrected chi connectivity index (χ1v) is 11.5. The molecule has 0 unspecified atom stereocenters. The van der Waals surface area contributed by atoms with Crippen molar-refractivity contribution in [1.82, 2.24) is 0 Å². The Bertz CT molecular complexity index is 641. The molecule has 0 saturated heterocycles. The zero-order valence-electron chi connectivity index (χ0n) is 17.6. The molecule has 0 bridgehead atoms. The van der Waals surface area contributed by atoms with Crippen molar-refractivity contribution >= 4 is 0 Å². The van der Waals surface area contributed by atoms with E-state index >= 15 is 0 Å². The monoisotopic (exact) mass is 362 g/mol. The van der Waals surface area contributed by atoms with Crippen LogP contribution in [0.25, 0.3) is 11.1 Å². The van der Waals surface area contributed by atoms with Crippen LogP contribution in [0.3, 0.4) is 0 Å². The van der Waals surface area contributed by atoms with Gasteiger partial charge >= 0.3 is 0 Å². The summed E-state index contributed by atoms with van der Waals surface area (Å²) in [5.41, 5.74) is 5.71. The first-order valence-electron chi connectivity index (χ1n) is 11.5. The lowest BCUT2D eigenvalue weighted by Gasteiger charge is -2.29. The Kier molecular flexibility index (Phi) is 7.99. The minimum Gasteiger partial charge on any atom is -0.0654 e. The minimum atomic E-state index is 0.790. The molecule has 0 spiro atoms. The predicted octanol–water partition coefficient (Wildman–Crippen LogP) is 8.55. The molecule has 0 amide bonds. The van der Waals surface area contributed by atoms with Crippen LogP contribution < -0.4 is 0 Å². The van der Waals surface area contributed by atoms with E-state index in [9.17, 15) is 0 Å². The van der Waals surface area contributed by atoms with E-state index in [1.165, 1.54) is 87.3 Å². The van der Waals surface area contributed by atoms with Gasteiger partial charge < -0.3 is 0 Å². The highest BCUT2D eigenvalue weighted by molar-refractivity contribution is 5.64. The highest BCUT2D eigenvalue weighted by Crippen LogP contribution is 2.38. The normalized spacial score (nSPS) is 19.9. The lowest BCUT2D eigenvalue weighted by Crippen LogP contribution is -2.13. The molecule has 1 saturated carbocycles. The van der Waals surface area contributed by atoms with Crippen LogP contribution in [0.15, 0.2) is 48.5 Å². The van der Waals surface area contributed by atoms with Gasteiger partial charge in [0.2, 0.25) is 0 Å². The summed E-state index contributed by atoms with van der Waals surface area (Å²) >= 11 is 0. The average molecular weight is 363 g/mol. The maximum absolute atomic E-state index is 2.39. The Labute approximate surface area is 167 Å². The standard InChI is InChI=1S/C27H38/c1-3-5-6-7-9-23-12-16-25(17-13-23)27-20-18-26(19-21-27)24-14-10-22(8-4-2)11-15-24/h10-11,14-15,18-21,23,25H,3-9,12-13,16-17H2,1-2H3. The largest absolute Gasteiger partial charge is 0.0654 e. The number of unbranched alkanes of at least 4 members (excludes halogenated alkanes) is 3. The third-order valence-corrected chi connectivity index (χ3v) is 6.52. The molecule has 27 heavy (non-hydrogen) atoms. The molecule has 0 radical (unpaired) electrons. The Hall–Kier alpha value is -1.56. The molecule has 2 aromatic carbocycles. The van der Waals surface area contributed by atoms with E-state index in [1.54, 1.807) is 5.56 Å². The van der Waals surface area contributed by atoms with Gasteiger partial charge in [0.05, 0.1) is 0 Å². The lowest BCUT2D eigenvalue weighted by molar-refractivity contribution is 0.302. The van der Waals surface area contributed by atoms with Crippen molar-refractivity contribution in [2.75, 3.05) is 0 Å². The summed E-state index contributed by atoms with van der Waals surface area (Å²) in [5.74, 6) is 1.79. The molecule has 0 nitrogen and oxygen atoms in total. The summed E-state index contributed by atoms with van der Waals surface area (Å²) in [6.45, 7) is 4.55. The van der Waals surface area contributed by atoms with E-state index in [2.05, 4.69) is 62.4 Å². The molecule has 1 aliphatic rings. The van der Waals surface area contributed by atoms with Crippen LogP contribution in [0.5, 0.6) is 0 Å². The fourth-order valence-electron chi connectivity index (χ4n) is 4.74. The third kappa shape index (κ3) is 5.96. The van der Waals surface area contributed by atoms with Crippen molar-refractivity contribution in [2.24, 2.45) is 5.92 Å². The maximum atomic E-state index is 2.39. The zero-order chi connectivity index (χ0) is 18.9. The fourth-order valence-corrected chi connectivity index (χ4v) is 4.74. The fraction of sp³-hybridized carbons (Fsp3) is 0.556. The molecule has 1 fully saturated rings. The van der Waals surface area contributed by atoms with Crippen LogP contribution in [-0.2, 0) is 6.42 Å². The molecule has 146 valence electrons. The second kappa shape index (κ2) is 10.7. The Morgan fingerprint density at radius 1 is 0.667 bits per heavy atom. The van der Waals surface area contributed by atoms with E-state index < -0.39 is 0 Å². The van der Waals surface area contributed by atoms with Crippen molar-refractivity contribution in [3.8, 4) is 11.1 Å². The van der Waals surface area contributed by atoms with Crippen molar-refractivity contribution < 1.29 is 0 Å². The first-order chi connectivity index (χ1) is 13.3. The van der Waals surface area contributed by atoms with Crippen LogP contribution in [0.4, 0.5) is 0 Å². The van der Waals surface area contributed by atoms with Gasteiger partial charge in [0, 0.05) is 0 Å². The Morgan fingerprint density at radius 3 is 1.89 bits per heavy atom. The van der Waals surface area contributed by atoms with Crippen molar-refractivity contribution in [1.29, 1.82) is 0 Å². The second-order valence-electron chi connectivity index (χ2n) is 8.64. The van der Waals surface area contributed by atoms with Gasteiger partial charge in [0.15, 0.2) is 0 Å². The summed E-state index contributed by atoms with van der Waals surface area (Å²) in [4.78, 5) is 0. The van der Waals surface area contributed by atoms with Crippen molar-refractivity contribution in [2.45, 2.75) is 90.4 Å². The van der Waals surface area contributed by atoms with Crippen LogP contribution in [0.1, 0.15) is 95.1 Å². The number of rotatable bonds is 9. The summed E-state index contributed by atoms with van der Waals surface area (Å²) in [7, 11) is 0. The van der Waals surface area contributed by atoms with Crippen LogP contribution in [-0.4, -0.2) is 0 Å². The summed E-state index contributed by atoms with van der Waals surface area (Å²) in [6.07, 6.45) is 15.2. The van der Waals surface area contributed by atoms with E-state index in [-0.39, 0.29) is 0 Å². The first kappa shape index (κ1) is 20.2. The topological polar surface area (TPSA) is 0 Å². The zero-order valence-corrected chi connectivity index (χ0v) is 17.6. The third-order valence-electron chi connectivity index (χ3n) is 6.52. The Morgan fingerprint density at radius 2 is 1.30 bits per heavy atom. The molecule has 0 heterocycles. The van der Waals surface area contributed by atoms with Gasteiger partial charge in [-0.1, -0.05) is 101 Å². The Balaban J connectivity index is 1.50. The van der Waals surface area contributed by atoms with Gasteiger partial charge in [-0.15, -0.1) is 0 Å². The van der Waals surface area contributed by atoms with Gasteiger partial charge in [0.1, 0.15) is 0 Å². The predicted molar refractivity (Wildman–Crippen MR) is 119 cm³/mol. The van der Waals surface area contributed by atoms with E-state index in [1.807, 2.05) is 0 Å². The lowest BCUT2D eigenvalue weighted by atomic mass is 9.77.